The van der Waals surface area contributed by atoms with Gasteiger partial charge in [0.1, 0.15) is 0 Å². The Balaban J connectivity index is 1.86. The van der Waals surface area contributed by atoms with Crippen LogP contribution >= 0.6 is 0 Å². The number of aliphatic carboxylic acids is 1. The van der Waals surface area contributed by atoms with Gasteiger partial charge in [-0.1, -0.05) is 46.1 Å². The molecular weight excluding hydrogens is 446 g/mol. The van der Waals surface area contributed by atoms with Crippen LogP contribution in [0.15, 0.2) is 18.2 Å². The Kier molecular flexibility index (Phi) is 10.2. The van der Waals surface area contributed by atoms with Gasteiger partial charge in [0, 0.05) is 31.6 Å². The number of likely N-dealkylation sites (tertiary alicyclic amines) is 1. The SMILES string of the molecule is CCCCN(CCCN)C(=O)CN1C[C@H](c2ccc3c(c2)OCO3)[C@@H](C(=O)O)[C@@H]1CC(C)CCC. The summed E-state index contributed by atoms with van der Waals surface area (Å²) in [6.07, 6.45) is 5.59. The topological polar surface area (TPSA) is 105 Å². The molecule has 0 bridgehead atoms. The van der Waals surface area contributed by atoms with E-state index in [1.807, 2.05) is 23.1 Å². The van der Waals surface area contributed by atoms with Crippen LogP contribution in [0.25, 0.3) is 0 Å². The van der Waals surface area contributed by atoms with Crippen LogP contribution in [0.2, 0.25) is 0 Å². The zero-order chi connectivity index (χ0) is 25.4. The first-order valence-corrected chi connectivity index (χ1v) is 13.2. The van der Waals surface area contributed by atoms with E-state index in [0.717, 1.165) is 44.1 Å². The third-order valence-corrected chi connectivity index (χ3v) is 7.39. The summed E-state index contributed by atoms with van der Waals surface area (Å²) in [6, 6.07) is 5.52. The summed E-state index contributed by atoms with van der Waals surface area (Å²) in [4.78, 5) is 30.1. The normalized spacial score (nSPS) is 22.3. The first-order chi connectivity index (χ1) is 16.9. The molecule has 2 aliphatic heterocycles. The van der Waals surface area contributed by atoms with Crippen molar-refractivity contribution in [3.63, 3.8) is 0 Å². The van der Waals surface area contributed by atoms with Gasteiger partial charge in [-0.2, -0.15) is 0 Å². The lowest BCUT2D eigenvalue weighted by Gasteiger charge is -2.31. The Morgan fingerprint density at radius 1 is 1.17 bits per heavy atom. The van der Waals surface area contributed by atoms with Crippen molar-refractivity contribution in [2.24, 2.45) is 17.6 Å². The maximum Gasteiger partial charge on any atom is 0.308 e. The van der Waals surface area contributed by atoms with Crippen LogP contribution in [-0.2, 0) is 9.59 Å². The largest absolute Gasteiger partial charge is 0.481 e. The molecule has 0 aromatic heterocycles. The summed E-state index contributed by atoms with van der Waals surface area (Å²) in [5.41, 5.74) is 6.64. The van der Waals surface area contributed by atoms with E-state index in [0.29, 0.717) is 43.6 Å². The number of rotatable bonds is 14. The highest BCUT2D eigenvalue weighted by Gasteiger charge is 2.47. The van der Waals surface area contributed by atoms with Gasteiger partial charge in [0.25, 0.3) is 0 Å². The Bertz CT molecular complexity index is 840. The number of fused-ring (bicyclic) bond motifs is 1. The van der Waals surface area contributed by atoms with Gasteiger partial charge in [0.05, 0.1) is 12.5 Å². The van der Waals surface area contributed by atoms with Crippen molar-refractivity contribution in [1.29, 1.82) is 0 Å². The summed E-state index contributed by atoms with van der Waals surface area (Å²) in [7, 11) is 0. The number of carboxylic acid groups (broad SMARTS) is 1. The second-order valence-corrected chi connectivity index (χ2v) is 10.1. The van der Waals surface area contributed by atoms with Gasteiger partial charge < -0.3 is 25.2 Å². The molecule has 3 rings (SSSR count). The fraction of sp³-hybridized carbons (Fsp3) is 0.704. The number of amides is 1. The van der Waals surface area contributed by atoms with Crippen molar-refractivity contribution in [2.45, 2.75) is 71.3 Å². The number of carbonyl (C=O) groups excluding carboxylic acids is 1. The van der Waals surface area contributed by atoms with Gasteiger partial charge >= 0.3 is 5.97 Å². The monoisotopic (exact) mass is 489 g/mol. The number of carbonyl (C=O) groups is 2. The van der Waals surface area contributed by atoms with Crippen LogP contribution in [0.5, 0.6) is 11.5 Å². The van der Waals surface area contributed by atoms with Crippen LogP contribution in [0.1, 0.15) is 70.8 Å². The Hall–Kier alpha value is -2.32. The third kappa shape index (κ3) is 6.88. The smallest absolute Gasteiger partial charge is 0.308 e. The molecule has 2 heterocycles. The molecule has 1 aromatic carbocycles. The second kappa shape index (κ2) is 13.1. The molecule has 1 saturated heterocycles. The summed E-state index contributed by atoms with van der Waals surface area (Å²) < 4.78 is 11.0. The average molecular weight is 490 g/mol. The third-order valence-electron chi connectivity index (χ3n) is 7.39. The van der Waals surface area contributed by atoms with E-state index in [9.17, 15) is 14.7 Å². The number of nitrogens with two attached hydrogens (primary N) is 1. The summed E-state index contributed by atoms with van der Waals surface area (Å²) in [5, 5.41) is 10.4. The molecule has 0 radical (unpaired) electrons. The predicted octanol–water partition coefficient (Wildman–Crippen LogP) is 3.69. The molecule has 1 fully saturated rings. The number of benzene rings is 1. The fourth-order valence-corrected chi connectivity index (χ4v) is 5.56. The van der Waals surface area contributed by atoms with Gasteiger partial charge in [-0.25, -0.2) is 0 Å². The lowest BCUT2D eigenvalue weighted by atomic mass is 9.81. The molecule has 0 saturated carbocycles. The van der Waals surface area contributed by atoms with E-state index in [-0.39, 0.29) is 31.2 Å². The van der Waals surface area contributed by atoms with Gasteiger partial charge in [-0.05, 0) is 49.4 Å². The molecule has 4 atom stereocenters. The fourth-order valence-electron chi connectivity index (χ4n) is 5.56. The number of carboxylic acids is 1. The number of ether oxygens (including phenoxy) is 2. The van der Waals surface area contributed by atoms with Gasteiger partial charge in [-0.15, -0.1) is 0 Å². The molecule has 1 unspecified atom stereocenters. The summed E-state index contributed by atoms with van der Waals surface area (Å²) in [5.74, 6) is 0.179. The number of hydrogen-bond acceptors (Lipinski definition) is 6. The van der Waals surface area contributed by atoms with Crippen LogP contribution in [0.4, 0.5) is 0 Å². The Morgan fingerprint density at radius 2 is 1.91 bits per heavy atom. The molecule has 35 heavy (non-hydrogen) atoms. The second-order valence-electron chi connectivity index (χ2n) is 10.1. The molecule has 196 valence electrons. The minimum Gasteiger partial charge on any atom is -0.481 e. The van der Waals surface area contributed by atoms with E-state index >= 15 is 0 Å². The highest BCUT2D eigenvalue weighted by molar-refractivity contribution is 5.79. The summed E-state index contributed by atoms with van der Waals surface area (Å²) >= 11 is 0. The van der Waals surface area contributed by atoms with Crippen LogP contribution in [0, 0.1) is 11.8 Å². The standard InChI is InChI=1S/C27H43N3O5/c1-4-6-12-29(13-7-11-28)25(31)17-30-16-21(20-9-10-23-24(15-20)35-18-34-23)26(27(32)33)22(30)14-19(3)8-5-2/h9-10,15,19,21-22,26H,4-8,11-14,16-18,28H2,1-3H3,(H,32,33)/t19?,21-,22+,26-/m1/s1. The van der Waals surface area contributed by atoms with Crippen LogP contribution in [0.3, 0.4) is 0 Å². The van der Waals surface area contributed by atoms with Crippen molar-refractivity contribution in [1.82, 2.24) is 9.80 Å². The zero-order valence-corrected chi connectivity index (χ0v) is 21.6. The van der Waals surface area contributed by atoms with Gasteiger partial charge in [0.15, 0.2) is 11.5 Å². The van der Waals surface area contributed by atoms with Crippen molar-refractivity contribution in [3.8, 4) is 11.5 Å². The van der Waals surface area contributed by atoms with E-state index in [2.05, 4.69) is 25.7 Å². The zero-order valence-electron chi connectivity index (χ0n) is 21.6. The number of hydrogen-bond donors (Lipinski definition) is 2. The quantitative estimate of drug-likeness (QED) is 0.411. The van der Waals surface area contributed by atoms with E-state index in [4.69, 9.17) is 15.2 Å². The minimum atomic E-state index is -0.803. The number of nitrogens with zero attached hydrogens (tertiary/aromatic N) is 2. The molecule has 1 aromatic rings. The van der Waals surface area contributed by atoms with Crippen molar-refractivity contribution >= 4 is 11.9 Å². The molecule has 2 aliphatic rings. The van der Waals surface area contributed by atoms with Crippen molar-refractivity contribution in [2.75, 3.05) is 39.5 Å². The lowest BCUT2D eigenvalue weighted by Crippen LogP contribution is -2.45. The molecular formula is C27H43N3O5. The Labute approximate surface area is 209 Å². The van der Waals surface area contributed by atoms with Crippen molar-refractivity contribution in [3.05, 3.63) is 23.8 Å². The maximum absolute atomic E-state index is 13.4. The highest BCUT2D eigenvalue weighted by atomic mass is 16.7. The summed E-state index contributed by atoms with van der Waals surface area (Å²) in [6.45, 7) is 9.31. The molecule has 3 N–H and O–H groups in total. The highest BCUT2D eigenvalue weighted by Crippen LogP contribution is 2.43. The molecule has 8 nitrogen and oxygen atoms in total. The average Bonchev–Trinajstić information content (AvgIpc) is 3.43. The minimum absolute atomic E-state index is 0.0653. The van der Waals surface area contributed by atoms with Gasteiger partial charge in [0.2, 0.25) is 12.7 Å². The van der Waals surface area contributed by atoms with Crippen molar-refractivity contribution < 1.29 is 24.2 Å². The van der Waals surface area contributed by atoms with Crippen LogP contribution < -0.4 is 15.2 Å². The maximum atomic E-state index is 13.4. The van der Waals surface area contributed by atoms with Crippen LogP contribution in [-0.4, -0.2) is 72.3 Å². The first kappa shape index (κ1) is 27.3. The van der Waals surface area contributed by atoms with E-state index < -0.39 is 11.9 Å². The molecule has 0 aliphatic carbocycles. The Morgan fingerprint density at radius 3 is 2.60 bits per heavy atom. The molecule has 1 amide bonds. The lowest BCUT2D eigenvalue weighted by molar-refractivity contribution is -0.144. The molecule has 0 spiro atoms. The first-order valence-electron chi connectivity index (χ1n) is 13.2. The van der Waals surface area contributed by atoms with E-state index in [1.54, 1.807) is 0 Å². The predicted molar refractivity (Wildman–Crippen MR) is 136 cm³/mol. The number of unbranched alkanes of at least 4 members (excludes halogenated alkanes) is 1. The van der Waals surface area contributed by atoms with Gasteiger partial charge in [-0.3, -0.25) is 14.5 Å². The van der Waals surface area contributed by atoms with E-state index in [1.165, 1.54) is 0 Å². The molecule has 8 heteroatoms.